The highest BCUT2D eigenvalue weighted by molar-refractivity contribution is 9.10. The standard InChI is InChI=1S/C8H16Br2O/c1-7(2,10)6-11-8(3,4)5-9/h5-6H2,1-4H3. The molecule has 0 rings (SSSR count). The van der Waals surface area contributed by atoms with Crippen LogP contribution in [-0.4, -0.2) is 21.9 Å². The van der Waals surface area contributed by atoms with Crippen molar-refractivity contribution in [1.29, 1.82) is 0 Å². The van der Waals surface area contributed by atoms with Gasteiger partial charge in [0.05, 0.1) is 12.2 Å². The monoisotopic (exact) mass is 286 g/mol. The second kappa shape index (κ2) is 4.24. The van der Waals surface area contributed by atoms with Gasteiger partial charge in [0.1, 0.15) is 0 Å². The Balaban J connectivity index is 3.70. The lowest BCUT2D eigenvalue weighted by Gasteiger charge is -2.27. The molecule has 0 unspecified atom stereocenters. The summed E-state index contributed by atoms with van der Waals surface area (Å²) in [5, 5.41) is 0.864. The Morgan fingerprint density at radius 1 is 1.18 bits per heavy atom. The van der Waals surface area contributed by atoms with E-state index >= 15 is 0 Å². The smallest absolute Gasteiger partial charge is 0.0723 e. The van der Waals surface area contributed by atoms with Crippen molar-refractivity contribution in [2.75, 3.05) is 11.9 Å². The SMILES string of the molecule is CC(C)(Br)COC(C)(C)CBr. The van der Waals surface area contributed by atoms with Gasteiger partial charge in [0.2, 0.25) is 0 Å². The molecule has 68 valence electrons. The molecule has 0 aliphatic heterocycles. The second-order valence-corrected chi connectivity index (χ2v) is 6.61. The third-order valence-electron chi connectivity index (χ3n) is 1.13. The summed E-state index contributed by atoms with van der Waals surface area (Å²) in [5.74, 6) is 0. The maximum Gasteiger partial charge on any atom is 0.0723 e. The van der Waals surface area contributed by atoms with Gasteiger partial charge in [0, 0.05) is 9.65 Å². The predicted octanol–water partition coefficient (Wildman–Crippen LogP) is 3.35. The van der Waals surface area contributed by atoms with E-state index in [2.05, 4.69) is 59.6 Å². The summed E-state index contributed by atoms with van der Waals surface area (Å²) in [4.78, 5) is 0. The van der Waals surface area contributed by atoms with Crippen LogP contribution in [0.2, 0.25) is 0 Å². The van der Waals surface area contributed by atoms with E-state index in [9.17, 15) is 0 Å². The number of halogens is 2. The molecule has 0 saturated heterocycles. The summed E-state index contributed by atoms with van der Waals surface area (Å²) in [6.07, 6.45) is 0. The fourth-order valence-corrected chi connectivity index (χ4v) is 0.682. The van der Waals surface area contributed by atoms with Crippen LogP contribution in [-0.2, 0) is 4.74 Å². The fourth-order valence-electron chi connectivity index (χ4n) is 0.406. The van der Waals surface area contributed by atoms with Crippen LogP contribution < -0.4 is 0 Å². The third kappa shape index (κ3) is 7.29. The van der Waals surface area contributed by atoms with Gasteiger partial charge in [-0.15, -0.1) is 0 Å². The zero-order valence-corrected chi connectivity index (χ0v) is 10.8. The van der Waals surface area contributed by atoms with Crippen LogP contribution in [0.3, 0.4) is 0 Å². The summed E-state index contributed by atoms with van der Waals surface area (Å²) in [7, 11) is 0. The summed E-state index contributed by atoms with van der Waals surface area (Å²) in [5.41, 5.74) is -0.0644. The minimum absolute atomic E-state index is 0.0644. The van der Waals surface area contributed by atoms with E-state index in [4.69, 9.17) is 4.74 Å². The lowest BCUT2D eigenvalue weighted by atomic mass is 10.2. The van der Waals surface area contributed by atoms with Gasteiger partial charge in [-0.2, -0.15) is 0 Å². The first-order valence-electron chi connectivity index (χ1n) is 3.66. The normalized spacial score (nSPS) is 13.6. The lowest BCUT2D eigenvalue weighted by Crippen LogP contribution is -2.32. The molecule has 1 nitrogen and oxygen atoms in total. The molecule has 0 atom stereocenters. The number of hydrogen-bond donors (Lipinski definition) is 0. The Bertz CT molecular complexity index is 116. The molecule has 0 N–H and O–H groups in total. The Labute approximate surface area is 86.1 Å². The number of alkyl halides is 2. The van der Waals surface area contributed by atoms with Gasteiger partial charge in [0.15, 0.2) is 0 Å². The van der Waals surface area contributed by atoms with Crippen molar-refractivity contribution in [3.8, 4) is 0 Å². The van der Waals surface area contributed by atoms with Crippen molar-refractivity contribution in [3.05, 3.63) is 0 Å². The molecule has 3 heteroatoms. The minimum atomic E-state index is -0.0644. The van der Waals surface area contributed by atoms with E-state index < -0.39 is 0 Å². The van der Waals surface area contributed by atoms with Crippen LogP contribution in [0.5, 0.6) is 0 Å². The summed E-state index contributed by atoms with van der Waals surface area (Å²) in [6, 6.07) is 0. The second-order valence-electron chi connectivity index (χ2n) is 3.90. The van der Waals surface area contributed by atoms with E-state index in [1.54, 1.807) is 0 Å². The molecular weight excluding hydrogens is 272 g/mol. The first-order chi connectivity index (χ1) is 4.77. The van der Waals surface area contributed by atoms with Crippen molar-refractivity contribution in [2.24, 2.45) is 0 Å². The Morgan fingerprint density at radius 2 is 1.64 bits per heavy atom. The van der Waals surface area contributed by atoms with Crippen molar-refractivity contribution >= 4 is 31.9 Å². The Hall–Kier alpha value is 0.920. The van der Waals surface area contributed by atoms with Crippen molar-refractivity contribution in [3.63, 3.8) is 0 Å². The highest BCUT2D eigenvalue weighted by Gasteiger charge is 2.21. The van der Waals surface area contributed by atoms with Gasteiger partial charge >= 0.3 is 0 Å². The molecular formula is C8H16Br2O. The average molecular weight is 288 g/mol. The predicted molar refractivity (Wildman–Crippen MR) is 56.8 cm³/mol. The van der Waals surface area contributed by atoms with Crippen molar-refractivity contribution < 1.29 is 4.74 Å². The highest BCUT2D eigenvalue weighted by Crippen LogP contribution is 2.20. The van der Waals surface area contributed by atoms with Gasteiger partial charge in [-0.3, -0.25) is 0 Å². The minimum Gasteiger partial charge on any atom is -0.373 e. The molecule has 0 aliphatic rings. The zero-order chi connectivity index (χ0) is 9.12. The topological polar surface area (TPSA) is 9.23 Å². The quantitative estimate of drug-likeness (QED) is 0.721. The summed E-state index contributed by atoms with van der Waals surface area (Å²) >= 11 is 6.92. The molecule has 0 aromatic carbocycles. The number of hydrogen-bond acceptors (Lipinski definition) is 1. The maximum absolute atomic E-state index is 5.65. The van der Waals surface area contributed by atoms with Gasteiger partial charge in [-0.05, 0) is 27.7 Å². The lowest BCUT2D eigenvalue weighted by molar-refractivity contribution is -0.00559. The largest absolute Gasteiger partial charge is 0.373 e. The van der Waals surface area contributed by atoms with Crippen molar-refractivity contribution in [1.82, 2.24) is 0 Å². The molecule has 0 fully saturated rings. The molecule has 0 radical (unpaired) electrons. The first-order valence-corrected chi connectivity index (χ1v) is 5.57. The highest BCUT2D eigenvalue weighted by atomic mass is 79.9. The van der Waals surface area contributed by atoms with Gasteiger partial charge in [-0.1, -0.05) is 31.9 Å². The van der Waals surface area contributed by atoms with Crippen LogP contribution >= 0.6 is 31.9 Å². The van der Waals surface area contributed by atoms with E-state index in [-0.39, 0.29) is 9.93 Å². The van der Waals surface area contributed by atoms with Crippen LogP contribution in [0.4, 0.5) is 0 Å². The maximum atomic E-state index is 5.65. The molecule has 0 heterocycles. The van der Waals surface area contributed by atoms with Crippen molar-refractivity contribution in [2.45, 2.75) is 37.6 Å². The summed E-state index contributed by atoms with van der Waals surface area (Å²) in [6.45, 7) is 9.06. The zero-order valence-electron chi connectivity index (χ0n) is 7.58. The van der Waals surface area contributed by atoms with Gasteiger partial charge in [-0.25, -0.2) is 0 Å². The van der Waals surface area contributed by atoms with Gasteiger partial charge in [0.25, 0.3) is 0 Å². The summed E-state index contributed by atoms with van der Waals surface area (Å²) < 4.78 is 5.73. The molecule has 0 aliphatic carbocycles. The Kier molecular flexibility index (Phi) is 4.59. The van der Waals surface area contributed by atoms with E-state index in [0.29, 0.717) is 0 Å². The van der Waals surface area contributed by atoms with E-state index in [1.165, 1.54) is 0 Å². The van der Waals surface area contributed by atoms with Crippen LogP contribution in [0, 0.1) is 0 Å². The van der Waals surface area contributed by atoms with Gasteiger partial charge < -0.3 is 4.74 Å². The fraction of sp³-hybridized carbons (Fsp3) is 1.00. The van der Waals surface area contributed by atoms with E-state index in [0.717, 1.165) is 11.9 Å². The third-order valence-corrected chi connectivity index (χ3v) is 2.71. The van der Waals surface area contributed by atoms with E-state index in [1.807, 2.05) is 0 Å². The molecule has 0 aromatic rings. The molecule has 0 amide bonds. The van der Waals surface area contributed by atoms with Crippen LogP contribution in [0.25, 0.3) is 0 Å². The Morgan fingerprint density at radius 3 is 1.91 bits per heavy atom. The average Bonchev–Trinajstić information content (AvgIpc) is 1.83. The molecule has 0 bridgehead atoms. The van der Waals surface area contributed by atoms with Crippen LogP contribution in [0.1, 0.15) is 27.7 Å². The number of ether oxygens (including phenoxy) is 1. The molecule has 11 heavy (non-hydrogen) atoms. The van der Waals surface area contributed by atoms with Crippen LogP contribution in [0.15, 0.2) is 0 Å². The first kappa shape index (κ1) is 11.9. The number of rotatable bonds is 4. The molecule has 0 spiro atoms. The molecule has 0 saturated carbocycles. The molecule has 0 aromatic heterocycles.